The summed E-state index contributed by atoms with van der Waals surface area (Å²) in [4.78, 5) is 31.2. The van der Waals surface area contributed by atoms with Gasteiger partial charge in [-0.05, 0) is 72.1 Å². The van der Waals surface area contributed by atoms with Gasteiger partial charge in [-0.1, -0.05) is 51.1 Å². The van der Waals surface area contributed by atoms with Crippen LogP contribution in [0.5, 0.6) is 5.75 Å². The van der Waals surface area contributed by atoms with E-state index < -0.39 is 18.4 Å². The molecule has 200 valence electrons. The van der Waals surface area contributed by atoms with Crippen LogP contribution in [0.1, 0.15) is 61.3 Å². The van der Waals surface area contributed by atoms with Crippen molar-refractivity contribution in [2.45, 2.75) is 40.5 Å². The maximum Gasteiger partial charge on any atom is 0.339 e. The molecule has 1 unspecified atom stereocenters. The van der Waals surface area contributed by atoms with E-state index in [9.17, 15) is 14.9 Å². The van der Waals surface area contributed by atoms with Crippen molar-refractivity contribution < 1.29 is 19.1 Å². The number of ether oxygens (including phenoxy) is 2. The number of allylic oxidation sites excluding steroid dienone is 2. The molecule has 0 amide bonds. The normalized spacial score (nSPS) is 16.7. The summed E-state index contributed by atoms with van der Waals surface area (Å²) < 4.78 is 10.8. The molecular weight excluding hydrogens is 490 g/mol. The number of nitrogens with zero attached hydrogens (tertiary/aromatic N) is 2. The molecule has 1 aromatic heterocycles. The van der Waals surface area contributed by atoms with E-state index in [4.69, 9.17) is 20.2 Å². The zero-order chi connectivity index (χ0) is 28.3. The van der Waals surface area contributed by atoms with Gasteiger partial charge in [-0.3, -0.25) is 4.79 Å². The number of fused-ring (bicyclic) bond motifs is 2. The molecule has 1 aliphatic carbocycles. The molecule has 0 fully saturated rings. The van der Waals surface area contributed by atoms with Gasteiger partial charge in [0.15, 0.2) is 6.61 Å². The molecule has 2 aromatic carbocycles. The van der Waals surface area contributed by atoms with E-state index in [0.717, 1.165) is 34.6 Å². The number of carbonyl (C=O) groups is 2. The summed E-state index contributed by atoms with van der Waals surface area (Å²) in [5.74, 6) is -0.246. The predicted octanol–water partition coefficient (Wildman–Crippen LogP) is 5.87. The third-order valence-corrected chi connectivity index (χ3v) is 7.22. The molecule has 39 heavy (non-hydrogen) atoms. The Balaban J connectivity index is 1.85. The number of pyridine rings is 1. The van der Waals surface area contributed by atoms with Crippen molar-refractivity contribution in [2.24, 2.45) is 17.1 Å². The summed E-state index contributed by atoms with van der Waals surface area (Å²) in [6.07, 6.45) is 3.55. The van der Waals surface area contributed by atoms with Crippen molar-refractivity contribution in [3.8, 4) is 11.8 Å². The van der Waals surface area contributed by atoms with Crippen molar-refractivity contribution >= 4 is 34.3 Å². The van der Waals surface area contributed by atoms with Crippen LogP contribution < -0.4 is 10.5 Å². The Labute approximate surface area is 228 Å². The fraction of sp³-hybridized carbons (Fsp3) is 0.312. The molecule has 7 heteroatoms. The van der Waals surface area contributed by atoms with Gasteiger partial charge in [-0.15, -0.1) is 0 Å². The van der Waals surface area contributed by atoms with Gasteiger partial charge in [0.1, 0.15) is 17.4 Å². The number of para-hydroxylation sites is 1. The van der Waals surface area contributed by atoms with Crippen LogP contribution in [-0.4, -0.2) is 30.5 Å². The van der Waals surface area contributed by atoms with Crippen LogP contribution in [0.15, 0.2) is 59.8 Å². The van der Waals surface area contributed by atoms with Gasteiger partial charge >= 0.3 is 5.97 Å². The van der Waals surface area contributed by atoms with Gasteiger partial charge in [0.25, 0.3) is 0 Å². The molecule has 1 heterocycles. The lowest BCUT2D eigenvalue weighted by molar-refractivity contribution is -0.118. The minimum atomic E-state index is -0.634. The second kappa shape index (κ2) is 11.1. The van der Waals surface area contributed by atoms with Crippen LogP contribution in [0.25, 0.3) is 22.6 Å². The van der Waals surface area contributed by atoms with E-state index in [-0.39, 0.29) is 22.6 Å². The fourth-order valence-corrected chi connectivity index (χ4v) is 4.92. The summed E-state index contributed by atoms with van der Waals surface area (Å²) in [5.41, 5.74) is 10.2. The highest BCUT2D eigenvalue weighted by Crippen LogP contribution is 2.45. The predicted molar refractivity (Wildman–Crippen MR) is 152 cm³/mol. The van der Waals surface area contributed by atoms with Gasteiger partial charge in [0, 0.05) is 11.1 Å². The standard InChI is InChI=1S/C32H33N3O4/c1-19(34)26(17-33)28(36)18-39-31(37)29-24-8-6-7-9-27(24)35-30-21(14-20-10-12-23(38-5)13-11-20)15-22(16-25(29)30)32(2,3)4/h6-14,22H,15-16,18,34H2,1-5H3/b21-14+,26-19+. The largest absolute Gasteiger partial charge is 0.497 e. The first-order valence-corrected chi connectivity index (χ1v) is 12.9. The van der Waals surface area contributed by atoms with Crippen LogP contribution in [0, 0.1) is 22.7 Å². The van der Waals surface area contributed by atoms with E-state index >= 15 is 0 Å². The van der Waals surface area contributed by atoms with Gasteiger partial charge in [0.05, 0.1) is 23.9 Å². The number of carbonyl (C=O) groups excluding carboxylic acids is 2. The summed E-state index contributed by atoms with van der Waals surface area (Å²) in [5, 5.41) is 9.93. The second-order valence-electron chi connectivity index (χ2n) is 10.9. The van der Waals surface area contributed by atoms with Gasteiger partial charge in [-0.25, -0.2) is 9.78 Å². The van der Waals surface area contributed by atoms with Gasteiger partial charge in [0.2, 0.25) is 5.78 Å². The number of nitriles is 1. The molecule has 7 nitrogen and oxygen atoms in total. The Morgan fingerprint density at radius 1 is 1.13 bits per heavy atom. The van der Waals surface area contributed by atoms with Crippen molar-refractivity contribution in [2.75, 3.05) is 13.7 Å². The summed E-state index contributed by atoms with van der Waals surface area (Å²) in [7, 11) is 1.64. The summed E-state index contributed by atoms with van der Waals surface area (Å²) >= 11 is 0. The number of rotatable bonds is 6. The average Bonchev–Trinajstić information content (AvgIpc) is 2.90. The number of nitrogens with two attached hydrogens (primary N) is 1. The molecule has 4 rings (SSSR count). The maximum atomic E-state index is 13.6. The Hall–Kier alpha value is -4.44. The lowest BCUT2D eigenvalue weighted by atomic mass is 9.69. The van der Waals surface area contributed by atoms with Crippen LogP contribution in [0.4, 0.5) is 0 Å². The monoisotopic (exact) mass is 523 g/mol. The average molecular weight is 524 g/mol. The molecule has 0 spiro atoms. The number of hydrogen-bond donors (Lipinski definition) is 1. The smallest absolute Gasteiger partial charge is 0.339 e. The van der Waals surface area contributed by atoms with Crippen molar-refractivity contribution in [1.29, 1.82) is 5.26 Å². The van der Waals surface area contributed by atoms with Gasteiger partial charge < -0.3 is 15.2 Å². The quantitative estimate of drug-likeness (QED) is 0.244. The van der Waals surface area contributed by atoms with E-state index in [1.807, 2.05) is 48.5 Å². The molecule has 0 radical (unpaired) electrons. The van der Waals surface area contributed by atoms with Crippen LogP contribution in [0.2, 0.25) is 0 Å². The van der Waals surface area contributed by atoms with E-state index in [1.54, 1.807) is 13.2 Å². The third-order valence-electron chi connectivity index (χ3n) is 7.22. The Morgan fingerprint density at radius 3 is 2.44 bits per heavy atom. The molecule has 3 aromatic rings. The zero-order valence-electron chi connectivity index (χ0n) is 23.0. The molecule has 0 saturated carbocycles. The van der Waals surface area contributed by atoms with E-state index in [2.05, 4.69) is 26.8 Å². The topological polar surface area (TPSA) is 115 Å². The molecule has 0 bridgehead atoms. The lowest BCUT2D eigenvalue weighted by Gasteiger charge is -2.36. The number of hydrogen-bond acceptors (Lipinski definition) is 7. The number of ketones is 1. The van der Waals surface area contributed by atoms with Gasteiger partial charge in [-0.2, -0.15) is 5.26 Å². The Kier molecular flexibility index (Phi) is 7.87. The van der Waals surface area contributed by atoms with E-state index in [0.29, 0.717) is 22.9 Å². The molecule has 1 aliphatic rings. The first-order valence-electron chi connectivity index (χ1n) is 12.9. The molecule has 0 saturated heterocycles. The SMILES string of the molecule is COc1ccc(/C=C2\CC(C(C)(C)C)Cc3c2nc2ccccc2c3C(=O)OCC(=O)/C(C#N)=C(\C)N)cc1. The Bertz CT molecular complexity index is 1530. The van der Waals surface area contributed by atoms with Crippen LogP contribution >= 0.6 is 0 Å². The highest BCUT2D eigenvalue weighted by molar-refractivity contribution is 6.08. The van der Waals surface area contributed by atoms with Crippen LogP contribution in [-0.2, 0) is 16.0 Å². The van der Waals surface area contributed by atoms with E-state index in [1.165, 1.54) is 6.92 Å². The highest BCUT2D eigenvalue weighted by Gasteiger charge is 2.35. The number of aromatic nitrogens is 1. The van der Waals surface area contributed by atoms with Crippen LogP contribution in [0.3, 0.4) is 0 Å². The minimum absolute atomic E-state index is 0.0371. The molecule has 0 aliphatic heterocycles. The summed E-state index contributed by atoms with van der Waals surface area (Å²) in [6, 6.07) is 17.1. The minimum Gasteiger partial charge on any atom is -0.497 e. The second-order valence-corrected chi connectivity index (χ2v) is 10.9. The van der Waals surface area contributed by atoms with Crippen molar-refractivity contribution in [1.82, 2.24) is 4.98 Å². The lowest BCUT2D eigenvalue weighted by Crippen LogP contribution is -2.29. The number of benzene rings is 2. The zero-order valence-corrected chi connectivity index (χ0v) is 23.0. The molecule has 2 N–H and O–H groups in total. The van der Waals surface area contributed by atoms with Crippen molar-refractivity contribution in [3.05, 3.63) is 82.2 Å². The third kappa shape index (κ3) is 5.85. The number of methoxy groups -OCH3 is 1. The highest BCUT2D eigenvalue weighted by atomic mass is 16.5. The van der Waals surface area contributed by atoms with Crippen molar-refractivity contribution in [3.63, 3.8) is 0 Å². The molecule has 1 atom stereocenters. The number of Topliss-reactive ketones (excluding diaryl/α,β-unsaturated/α-hetero) is 1. The molecular formula is C32H33N3O4. The maximum absolute atomic E-state index is 13.6. The first kappa shape index (κ1) is 27.6. The fourth-order valence-electron chi connectivity index (χ4n) is 4.92. The number of esters is 1. The summed E-state index contributed by atoms with van der Waals surface area (Å²) in [6.45, 7) is 7.49. The Morgan fingerprint density at radius 2 is 1.82 bits per heavy atom. The first-order chi connectivity index (χ1) is 18.5.